The van der Waals surface area contributed by atoms with E-state index < -0.39 is 5.91 Å². The second-order valence-electron chi connectivity index (χ2n) is 2.00. The van der Waals surface area contributed by atoms with E-state index in [2.05, 4.69) is 4.98 Å². The van der Waals surface area contributed by atoms with Crippen molar-refractivity contribution in [3.63, 3.8) is 0 Å². The van der Waals surface area contributed by atoms with Crippen molar-refractivity contribution in [2.45, 2.75) is 0 Å². The number of amides is 1. The van der Waals surface area contributed by atoms with Crippen LogP contribution in [0.3, 0.4) is 0 Å². The predicted octanol–water partition coefficient (Wildman–Crippen LogP) is -0.00192. The Bertz CT molecular complexity index is 343. The second-order valence-corrected chi connectivity index (χ2v) is 2.00. The monoisotopic (exact) mass is 163 g/mol. The van der Waals surface area contributed by atoms with E-state index in [9.17, 15) is 4.79 Å². The Morgan fingerprint density at radius 1 is 1.67 bits per heavy atom. The van der Waals surface area contributed by atoms with Gasteiger partial charge in [-0.25, -0.2) is 0 Å². The fraction of sp³-hybridized carbons (Fsp3) is 0. The maximum Gasteiger partial charge on any atom is 0.265 e. The van der Waals surface area contributed by atoms with Gasteiger partial charge in [0.05, 0.1) is 11.8 Å². The van der Waals surface area contributed by atoms with Crippen molar-refractivity contribution < 1.29 is 9.90 Å². The lowest BCUT2D eigenvalue weighted by molar-refractivity contribution is 0.0972. The lowest BCUT2D eigenvalue weighted by Gasteiger charge is -1.96. The molecular formula is C7H5N3O2. The van der Waals surface area contributed by atoms with E-state index in [0.717, 1.165) is 0 Å². The Morgan fingerprint density at radius 2 is 2.42 bits per heavy atom. The van der Waals surface area contributed by atoms with Gasteiger partial charge in [0.2, 0.25) is 0 Å². The highest BCUT2D eigenvalue weighted by Gasteiger charge is 2.04. The fourth-order valence-electron chi connectivity index (χ4n) is 0.675. The van der Waals surface area contributed by atoms with Crippen molar-refractivity contribution in [3.05, 3.63) is 24.0 Å². The van der Waals surface area contributed by atoms with E-state index in [-0.39, 0.29) is 11.3 Å². The number of carbonyl (C=O) groups is 1. The van der Waals surface area contributed by atoms with Gasteiger partial charge in [-0.3, -0.25) is 15.1 Å². The number of nitrogens with one attached hydrogen (secondary N) is 1. The molecule has 1 heterocycles. The number of hydrogen-bond acceptors (Lipinski definition) is 4. The Morgan fingerprint density at radius 3 is 3.00 bits per heavy atom. The van der Waals surface area contributed by atoms with Crippen LogP contribution in [0.15, 0.2) is 18.5 Å². The number of rotatable bonds is 1. The molecule has 0 saturated heterocycles. The highest BCUT2D eigenvalue weighted by atomic mass is 16.3. The summed E-state index contributed by atoms with van der Waals surface area (Å²) in [5.74, 6) is -0.693. The van der Waals surface area contributed by atoms with E-state index >= 15 is 0 Å². The summed E-state index contributed by atoms with van der Waals surface area (Å²) in [5, 5.41) is 18.9. The molecule has 1 aromatic rings. The van der Waals surface area contributed by atoms with Crippen molar-refractivity contribution in [2.24, 2.45) is 0 Å². The van der Waals surface area contributed by atoms with Gasteiger partial charge in [-0.2, -0.15) is 5.26 Å². The van der Waals surface area contributed by atoms with Crippen molar-refractivity contribution >= 4 is 5.91 Å². The third kappa shape index (κ3) is 1.70. The summed E-state index contributed by atoms with van der Waals surface area (Å²) in [6.07, 6.45) is 3.93. The summed E-state index contributed by atoms with van der Waals surface area (Å²) in [7, 11) is 0. The van der Waals surface area contributed by atoms with Gasteiger partial charge in [-0.15, -0.1) is 0 Å². The normalized spacial score (nSPS) is 8.58. The van der Waals surface area contributed by atoms with Gasteiger partial charge in [0.15, 0.2) is 6.19 Å². The van der Waals surface area contributed by atoms with Gasteiger partial charge in [-0.1, -0.05) is 0 Å². The molecule has 0 aliphatic carbocycles. The SMILES string of the molecule is N#CNC(=O)c1cncc(O)c1. The summed E-state index contributed by atoms with van der Waals surface area (Å²) in [4.78, 5) is 14.5. The van der Waals surface area contributed by atoms with E-state index in [1.165, 1.54) is 24.7 Å². The van der Waals surface area contributed by atoms with Crippen molar-refractivity contribution in [1.82, 2.24) is 10.3 Å². The minimum Gasteiger partial charge on any atom is -0.506 e. The number of hydrogen-bond donors (Lipinski definition) is 2. The molecule has 1 amide bonds. The minimum atomic E-state index is -0.582. The average Bonchev–Trinajstić information content (AvgIpc) is 2.05. The van der Waals surface area contributed by atoms with Gasteiger partial charge in [0.25, 0.3) is 5.91 Å². The average molecular weight is 163 g/mol. The van der Waals surface area contributed by atoms with Crippen LogP contribution >= 0.6 is 0 Å². The van der Waals surface area contributed by atoms with Gasteiger partial charge in [-0.05, 0) is 6.07 Å². The molecule has 0 aliphatic rings. The van der Waals surface area contributed by atoms with Gasteiger partial charge in [0.1, 0.15) is 5.75 Å². The number of nitriles is 1. The first-order chi connectivity index (χ1) is 5.74. The molecular weight excluding hydrogens is 158 g/mol. The largest absolute Gasteiger partial charge is 0.506 e. The molecule has 5 nitrogen and oxygen atoms in total. The van der Waals surface area contributed by atoms with Gasteiger partial charge >= 0.3 is 0 Å². The quantitative estimate of drug-likeness (QED) is 0.450. The van der Waals surface area contributed by atoms with Crippen LogP contribution in [0, 0.1) is 11.5 Å². The molecule has 0 unspecified atom stereocenters. The highest BCUT2D eigenvalue weighted by molar-refractivity contribution is 5.95. The zero-order chi connectivity index (χ0) is 8.97. The zero-order valence-electron chi connectivity index (χ0n) is 5.98. The molecule has 0 aliphatic heterocycles. The maximum atomic E-state index is 10.9. The third-order valence-electron chi connectivity index (χ3n) is 1.16. The van der Waals surface area contributed by atoms with Gasteiger partial charge < -0.3 is 5.11 Å². The molecule has 0 bridgehead atoms. The van der Waals surface area contributed by atoms with Crippen LogP contribution in [0.1, 0.15) is 10.4 Å². The van der Waals surface area contributed by atoms with E-state index in [1.807, 2.05) is 5.32 Å². The van der Waals surface area contributed by atoms with Crippen LogP contribution in [0.25, 0.3) is 0 Å². The van der Waals surface area contributed by atoms with Crippen LogP contribution in [0.5, 0.6) is 5.75 Å². The summed E-state index contributed by atoms with van der Waals surface area (Å²) in [5.41, 5.74) is 0.150. The molecule has 60 valence electrons. The first-order valence-electron chi connectivity index (χ1n) is 3.07. The van der Waals surface area contributed by atoms with Crippen molar-refractivity contribution in [1.29, 1.82) is 5.26 Å². The highest BCUT2D eigenvalue weighted by Crippen LogP contribution is 2.07. The maximum absolute atomic E-state index is 10.9. The number of carbonyl (C=O) groups excluding carboxylic acids is 1. The predicted molar refractivity (Wildman–Crippen MR) is 39.0 cm³/mol. The number of aromatic hydroxyl groups is 1. The van der Waals surface area contributed by atoms with Crippen LogP contribution in [-0.4, -0.2) is 16.0 Å². The molecule has 0 atom stereocenters. The lowest BCUT2D eigenvalue weighted by Crippen LogP contribution is -2.17. The smallest absolute Gasteiger partial charge is 0.265 e. The molecule has 1 aromatic heterocycles. The third-order valence-corrected chi connectivity index (χ3v) is 1.16. The summed E-state index contributed by atoms with van der Waals surface area (Å²) >= 11 is 0. The first-order valence-corrected chi connectivity index (χ1v) is 3.07. The zero-order valence-corrected chi connectivity index (χ0v) is 5.98. The number of nitrogens with zero attached hydrogens (tertiary/aromatic N) is 2. The topological polar surface area (TPSA) is 86.0 Å². The van der Waals surface area contributed by atoms with Crippen LogP contribution in [0.2, 0.25) is 0 Å². The molecule has 0 spiro atoms. The Labute approximate surface area is 68.3 Å². The summed E-state index contributed by atoms with van der Waals surface area (Å²) < 4.78 is 0. The van der Waals surface area contributed by atoms with E-state index in [0.29, 0.717) is 0 Å². The Hall–Kier alpha value is -2.09. The first kappa shape index (κ1) is 8.01. The molecule has 2 N–H and O–H groups in total. The number of aromatic nitrogens is 1. The molecule has 5 heteroatoms. The number of pyridine rings is 1. The Kier molecular flexibility index (Phi) is 2.23. The van der Waals surface area contributed by atoms with Crippen LogP contribution < -0.4 is 5.32 Å². The van der Waals surface area contributed by atoms with Gasteiger partial charge in [0, 0.05) is 6.20 Å². The minimum absolute atomic E-state index is 0.111. The van der Waals surface area contributed by atoms with E-state index in [1.54, 1.807) is 0 Å². The van der Waals surface area contributed by atoms with Crippen LogP contribution in [-0.2, 0) is 0 Å². The fourth-order valence-corrected chi connectivity index (χ4v) is 0.675. The summed E-state index contributed by atoms with van der Waals surface area (Å²) in [6.45, 7) is 0. The lowest BCUT2D eigenvalue weighted by atomic mass is 10.2. The molecule has 1 rings (SSSR count). The van der Waals surface area contributed by atoms with Crippen molar-refractivity contribution in [3.8, 4) is 11.9 Å². The molecule has 0 fully saturated rings. The molecule has 12 heavy (non-hydrogen) atoms. The summed E-state index contributed by atoms with van der Waals surface area (Å²) in [6, 6.07) is 1.22. The molecule has 0 radical (unpaired) electrons. The van der Waals surface area contributed by atoms with Crippen LogP contribution in [0.4, 0.5) is 0 Å². The van der Waals surface area contributed by atoms with Crippen molar-refractivity contribution in [2.75, 3.05) is 0 Å². The second kappa shape index (κ2) is 3.34. The standard InChI is InChI=1S/C7H5N3O2/c8-4-10-7(12)5-1-6(11)3-9-2-5/h1-3,11H,(H,10,12). The molecule has 0 saturated carbocycles. The Balaban J connectivity index is 2.90. The van der Waals surface area contributed by atoms with E-state index in [4.69, 9.17) is 10.4 Å². The molecule has 0 aromatic carbocycles.